The predicted octanol–water partition coefficient (Wildman–Crippen LogP) is 12.1. The smallest absolute Gasteiger partial charge is 0.133 e. The van der Waals surface area contributed by atoms with E-state index >= 15 is 0 Å². The average Bonchev–Trinajstić information content (AvgIpc) is 3.87. The number of aromatic nitrogens is 2. The van der Waals surface area contributed by atoms with E-state index in [1.165, 1.54) is 9.40 Å². The van der Waals surface area contributed by atoms with Crippen LogP contribution in [0.5, 0.6) is 0 Å². The Labute approximate surface area is 273 Å². The Morgan fingerprint density at radius 2 is 0.935 bits per heavy atom. The number of furan rings is 1. The van der Waals surface area contributed by atoms with Gasteiger partial charge < -0.3 is 9.32 Å². The van der Waals surface area contributed by atoms with E-state index in [2.05, 4.69) is 126 Å². The predicted molar refractivity (Wildman–Crippen MR) is 194 cm³/mol. The number of rotatable bonds is 6. The van der Waals surface area contributed by atoms with Crippen LogP contribution in [0.1, 0.15) is 0 Å². The summed E-state index contributed by atoms with van der Waals surface area (Å²) in [5.74, 6) is 0. The topological polar surface area (TPSA) is 42.2 Å². The van der Waals surface area contributed by atoms with E-state index in [1.807, 2.05) is 24.3 Å². The Balaban J connectivity index is 1.09. The van der Waals surface area contributed by atoms with Crippen molar-refractivity contribution in [2.24, 2.45) is 0 Å². The second kappa shape index (κ2) is 11.1. The number of hydrogen-bond donors (Lipinski definition) is 0. The summed E-state index contributed by atoms with van der Waals surface area (Å²) in [6.07, 6.45) is 1.74. The highest BCUT2D eigenvalue weighted by molar-refractivity contribution is 7.22. The zero-order valence-electron chi connectivity index (χ0n) is 24.5. The minimum absolute atomic E-state index is 0.898. The first-order valence-electron chi connectivity index (χ1n) is 15.1. The molecule has 0 N–H and O–H groups in total. The summed E-state index contributed by atoms with van der Waals surface area (Å²) in [5, 5.41) is 3.15. The lowest BCUT2D eigenvalue weighted by Gasteiger charge is -2.26. The minimum atomic E-state index is 0.898. The van der Waals surface area contributed by atoms with Crippen molar-refractivity contribution < 1.29 is 4.42 Å². The van der Waals surface area contributed by atoms with Crippen LogP contribution in [0.2, 0.25) is 0 Å². The normalized spacial score (nSPS) is 11.5. The Kier molecular flexibility index (Phi) is 6.47. The molecule has 0 aliphatic carbocycles. The third kappa shape index (κ3) is 4.85. The molecule has 0 aliphatic heterocycles. The molecule has 0 saturated heterocycles. The van der Waals surface area contributed by atoms with Crippen molar-refractivity contribution in [2.45, 2.75) is 0 Å². The summed E-state index contributed by atoms with van der Waals surface area (Å²) < 4.78 is 7.94. The van der Waals surface area contributed by atoms with Crippen molar-refractivity contribution in [1.82, 2.24) is 9.97 Å². The van der Waals surface area contributed by atoms with E-state index in [9.17, 15) is 0 Å². The Morgan fingerprint density at radius 3 is 1.46 bits per heavy atom. The first-order valence-corrected chi connectivity index (χ1v) is 16.7. The van der Waals surface area contributed by atoms with Crippen molar-refractivity contribution in [3.05, 3.63) is 152 Å². The van der Waals surface area contributed by atoms with Crippen molar-refractivity contribution in [1.29, 1.82) is 0 Å². The number of anilines is 3. The Hall–Kier alpha value is -5.56. The van der Waals surface area contributed by atoms with Gasteiger partial charge in [-0.15, -0.1) is 22.7 Å². The van der Waals surface area contributed by atoms with E-state index < -0.39 is 0 Å². The fourth-order valence-electron chi connectivity index (χ4n) is 5.89. The maximum absolute atomic E-state index is 5.55. The summed E-state index contributed by atoms with van der Waals surface area (Å²) in [4.78, 5) is 12.1. The van der Waals surface area contributed by atoms with Gasteiger partial charge in [0.25, 0.3) is 0 Å². The SMILES string of the molecule is c1ccc2sc(-c3ccc(N(c4ccc(-c5ccc6occc6c5)cc4)c4ccc(-c5nc6ccccc6s5)cc4)cc3)nc2c1. The molecule has 0 atom stereocenters. The van der Waals surface area contributed by atoms with Crippen LogP contribution in [0.25, 0.3) is 63.7 Å². The second-order valence-electron chi connectivity index (χ2n) is 11.1. The molecule has 6 heteroatoms. The van der Waals surface area contributed by atoms with Crippen molar-refractivity contribution in [2.75, 3.05) is 4.90 Å². The van der Waals surface area contributed by atoms with Crippen LogP contribution in [0.15, 0.2) is 156 Å². The van der Waals surface area contributed by atoms with Crippen molar-refractivity contribution in [3.8, 4) is 32.3 Å². The average molecular weight is 628 g/mol. The molecule has 0 spiro atoms. The lowest BCUT2D eigenvalue weighted by molar-refractivity contribution is 0.616. The minimum Gasteiger partial charge on any atom is -0.464 e. The van der Waals surface area contributed by atoms with Gasteiger partial charge in [-0.05, 0) is 114 Å². The molecule has 218 valence electrons. The number of para-hydroxylation sites is 2. The van der Waals surface area contributed by atoms with Gasteiger partial charge >= 0.3 is 0 Å². The maximum atomic E-state index is 5.55. The molecule has 4 nitrogen and oxygen atoms in total. The van der Waals surface area contributed by atoms with E-state index in [4.69, 9.17) is 14.4 Å². The first kappa shape index (κ1) is 26.8. The molecule has 0 saturated carbocycles. The van der Waals surface area contributed by atoms with Crippen LogP contribution in [-0.2, 0) is 0 Å². The third-order valence-corrected chi connectivity index (χ3v) is 10.4. The van der Waals surface area contributed by atoms with Crippen LogP contribution in [0.4, 0.5) is 17.1 Å². The fourth-order valence-corrected chi connectivity index (χ4v) is 7.84. The van der Waals surface area contributed by atoms with Crippen LogP contribution in [0.3, 0.4) is 0 Å². The summed E-state index contributed by atoms with van der Waals surface area (Å²) in [5.41, 5.74) is 10.7. The van der Waals surface area contributed by atoms with Gasteiger partial charge in [-0.2, -0.15) is 0 Å². The van der Waals surface area contributed by atoms with Gasteiger partial charge in [0.2, 0.25) is 0 Å². The highest BCUT2D eigenvalue weighted by Crippen LogP contribution is 2.39. The lowest BCUT2D eigenvalue weighted by Crippen LogP contribution is -2.09. The summed E-state index contributed by atoms with van der Waals surface area (Å²) >= 11 is 3.45. The molecule has 9 rings (SSSR count). The number of benzene rings is 6. The number of nitrogens with zero attached hydrogens (tertiary/aromatic N) is 3. The second-order valence-corrected chi connectivity index (χ2v) is 13.2. The molecule has 6 aromatic carbocycles. The van der Waals surface area contributed by atoms with Gasteiger partial charge in [-0.3, -0.25) is 0 Å². The van der Waals surface area contributed by atoms with E-state index in [-0.39, 0.29) is 0 Å². The van der Waals surface area contributed by atoms with Crippen LogP contribution < -0.4 is 4.90 Å². The summed E-state index contributed by atoms with van der Waals surface area (Å²) in [7, 11) is 0. The van der Waals surface area contributed by atoms with Crippen molar-refractivity contribution >= 4 is 71.1 Å². The molecule has 0 fully saturated rings. The zero-order valence-corrected chi connectivity index (χ0v) is 26.1. The van der Waals surface area contributed by atoms with E-state index in [0.717, 1.165) is 71.3 Å². The van der Waals surface area contributed by atoms with E-state index in [0.29, 0.717) is 0 Å². The Morgan fingerprint density at radius 1 is 0.457 bits per heavy atom. The van der Waals surface area contributed by atoms with E-state index in [1.54, 1.807) is 28.9 Å². The molecule has 0 unspecified atom stereocenters. The molecule has 0 amide bonds. The largest absolute Gasteiger partial charge is 0.464 e. The fraction of sp³-hybridized carbons (Fsp3) is 0. The zero-order chi connectivity index (χ0) is 30.5. The summed E-state index contributed by atoms with van der Waals surface area (Å²) in [6, 6.07) is 51.1. The maximum Gasteiger partial charge on any atom is 0.133 e. The molecular weight excluding hydrogens is 603 g/mol. The van der Waals surface area contributed by atoms with Crippen molar-refractivity contribution in [3.63, 3.8) is 0 Å². The molecule has 0 bridgehead atoms. The Bertz CT molecular complexity index is 2230. The summed E-state index contributed by atoms with van der Waals surface area (Å²) in [6.45, 7) is 0. The van der Waals surface area contributed by atoms with Gasteiger partial charge in [-0.25, -0.2) is 9.97 Å². The van der Waals surface area contributed by atoms with Gasteiger partial charge in [0.05, 0.1) is 26.7 Å². The molecular formula is C40H25N3OS2. The lowest BCUT2D eigenvalue weighted by atomic mass is 10.0. The first-order chi connectivity index (χ1) is 22.7. The van der Waals surface area contributed by atoms with Crippen LogP contribution in [-0.4, -0.2) is 9.97 Å². The van der Waals surface area contributed by atoms with Gasteiger partial charge in [0.15, 0.2) is 0 Å². The molecule has 0 aliphatic rings. The van der Waals surface area contributed by atoms with Gasteiger partial charge in [0.1, 0.15) is 15.6 Å². The number of thiazole rings is 2. The highest BCUT2D eigenvalue weighted by atomic mass is 32.1. The molecule has 46 heavy (non-hydrogen) atoms. The molecule has 9 aromatic rings. The third-order valence-electron chi connectivity index (χ3n) is 8.24. The monoisotopic (exact) mass is 627 g/mol. The standard InChI is InChI=1S/C40H25N3OS2/c1-3-7-37-34(5-1)41-39(45-37)27-11-18-32(19-12-27)43(31-16-9-26(10-17-31)29-15-22-36-30(25-29)23-24-44-36)33-20-13-28(14-21-33)40-42-35-6-2-4-8-38(35)46-40/h1-25H. The number of hydrogen-bond acceptors (Lipinski definition) is 6. The molecule has 3 aromatic heterocycles. The van der Waals surface area contributed by atoms with Gasteiger partial charge in [0, 0.05) is 33.6 Å². The van der Waals surface area contributed by atoms with Crippen LogP contribution >= 0.6 is 22.7 Å². The quantitative estimate of drug-likeness (QED) is 0.184. The van der Waals surface area contributed by atoms with Crippen LogP contribution in [0, 0.1) is 0 Å². The van der Waals surface area contributed by atoms with Gasteiger partial charge in [-0.1, -0.05) is 42.5 Å². The molecule has 3 heterocycles. The highest BCUT2D eigenvalue weighted by Gasteiger charge is 2.15. The molecule has 0 radical (unpaired) electrons. The number of fused-ring (bicyclic) bond motifs is 3.